The molecule has 82 valence electrons. The molecule has 1 unspecified atom stereocenters. The molecule has 1 aromatic carbocycles. The third kappa shape index (κ3) is 2.72. The molecule has 0 spiro atoms. The molecular weight excluding hydrogens is 186 g/mol. The van der Waals surface area contributed by atoms with Crippen molar-refractivity contribution in [3.8, 4) is 5.75 Å². The summed E-state index contributed by atoms with van der Waals surface area (Å²) >= 11 is 0. The van der Waals surface area contributed by atoms with Crippen molar-refractivity contribution in [1.29, 1.82) is 0 Å². The number of aromatic hydroxyl groups is 1. The second-order valence-electron chi connectivity index (χ2n) is 4.58. The first-order chi connectivity index (χ1) is 7.25. The van der Waals surface area contributed by atoms with E-state index in [4.69, 9.17) is 0 Å². The molecule has 2 heteroatoms. The van der Waals surface area contributed by atoms with Gasteiger partial charge >= 0.3 is 0 Å². The summed E-state index contributed by atoms with van der Waals surface area (Å²) in [6, 6.07) is 7.67. The molecule has 1 aliphatic heterocycles. The van der Waals surface area contributed by atoms with Crippen molar-refractivity contribution in [1.82, 2.24) is 4.90 Å². The number of phenols is 1. The van der Waals surface area contributed by atoms with Crippen LogP contribution in [0.4, 0.5) is 0 Å². The fourth-order valence-electron chi connectivity index (χ4n) is 2.34. The van der Waals surface area contributed by atoms with E-state index in [0.717, 1.165) is 17.9 Å². The van der Waals surface area contributed by atoms with Gasteiger partial charge in [-0.15, -0.1) is 0 Å². The minimum atomic E-state index is 0.448. The van der Waals surface area contributed by atoms with Crippen molar-refractivity contribution in [3.63, 3.8) is 0 Å². The van der Waals surface area contributed by atoms with Gasteiger partial charge in [0.1, 0.15) is 5.75 Å². The molecule has 1 N–H and O–H groups in total. The molecule has 2 nitrogen and oxygen atoms in total. The molecule has 1 aliphatic rings. The lowest BCUT2D eigenvalue weighted by Crippen LogP contribution is -2.14. The Labute approximate surface area is 91.5 Å². The maximum Gasteiger partial charge on any atom is 0.118 e. The molecule has 2 rings (SSSR count). The molecule has 1 atom stereocenters. The van der Waals surface area contributed by atoms with Crippen molar-refractivity contribution in [2.24, 2.45) is 5.92 Å². The van der Waals surface area contributed by atoms with Crippen molar-refractivity contribution < 1.29 is 5.11 Å². The highest BCUT2D eigenvalue weighted by Gasteiger charge is 2.19. The number of hydrogen-bond donors (Lipinski definition) is 1. The zero-order chi connectivity index (χ0) is 10.7. The molecule has 0 saturated carbocycles. The minimum Gasteiger partial charge on any atom is -0.508 e. The second-order valence-corrected chi connectivity index (χ2v) is 4.58. The Balaban J connectivity index is 1.86. The minimum absolute atomic E-state index is 0.448. The maximum atomic E-state index is 9.63. The highest BCUT2D eigenvalue weighted by molar-refractivity contribution is 5.31. The number of likely N-dealkylation sites (tertiary alicyclic amines) is 1. The lowest BCUT2D eigenvalue weighted by molar-refractivity contribution is 0.387. The molecule has 0 aliphatic carbocycles. The molecule has 0 radical (unpaired) electrons. The summed E-state index contributed by atoms with van der Waals surface area (Å²) in [6.07, 6.45) is 3.51. The van der Waals surface area contributed by atoms with Gasteiger partial charge in [-0.05, 0) is 50.4 Å². The van der Waals surface area contributed by atoms with Crippen LogP contribution in [-0.4, -0.2) is 30.1 Å². The van der Waals surface area contributed by atoms with Gasteiger partial charge in [0.25, 0.3) is 0 Å². The number of benzene rings is 1. The second kappa shape index (κ2) is 4.67. The van der Waals surface area contributed by atoms with E-state index in [9.17, 15) is 5.11 Å². The van der Waals surface area contributed by atoms with Gasteiger partial charge in [-0.25, -0.2) is 0 Å². The van der Waals surface area contributed by atoms with Crippen LogP contribution in [0.2, 0.25) is 0 Å². The Morgan fingerprint density at radius 3 is 2.87 bits per heavy atom. The van der Waals surface area contributed by atoms with E-state index < -0.39 is 0 Å². The van der Waals surface area contributed by atoms with Crippen LogP contribution in [0.3, 0.4) is 0 Å². The van der Waals surface area contributed by atoms with E-state index in [1.165, 1.54) is 25.9 Å². The number of aryl methyl sites for hydroxylation is 1. The topological polar surface area (TPSA) is 23.5 Å². The Bertz CT molecular complexity index is 324. The Hall–Kier alpha value is -1.02. The van der Waals surface area contributed by atoms with Crippen molar-refractivity contribution >= 4 is 0 Å². The fraction of sp³-hybridized carbons (Fsp3) is 0.538. The smallest absolute Gasteiger partial charge is 0.118 e. The first kappa shape index (κ1) is 10.5. The van der Waals surface area contributed by atoms with Gasteiger partial charge in [0, 0.05) is 6.54 Å². The molecular formula is C13H19NO. The van der Waals surface area contributed by atoms with E-state index in [1.54, 1.807) is 6.07 Å². The third-order valence-corrected chi connectivity index (χ3v) is 3.30. The average molecular weight is 205 g/mol. The number of phenolic OH excluding ortho intramolecular Hbond substituents is 1. The first-order valence-electron chi connectivity index (χ1n) is 5.71. The van der Waals surface area contributed by atoms with Crippen molar-refractivity contribution in [2.75, 3.05) is 20.1 Å². The largest absolute Gasteiger partial charge is 0.508 e. The number of para-hydroxylation sites is 1. The predicted molar refractivity (Wildman–Crippen MR) is 62.0 cm³/mol. The van der Waals surface area contributed by atoms with Gasteiger partial charge < -0.3 is 10.0 Å². The number of hydrogen-bond acceptors (Lipinski definition) is 2. The van der Waals surface area contributed by atoms with E-state index >= 15 is 0 Å². The summed E-state index contributed by atoms with van der Waals surface area (Å²) in [4.78, 5) is 2.38. The average Bonchev–Trinajstić information content (AvgIpc) is 2.63. The molecule has 0 aromatic heterocycles. The normalized spacial score (nSPS) is 22.1. The van der Waals surface area contributed by atoms with Crippen LogP contribution in [0.15, 0.2) is 24.3 Å². The summed E-state index contributed by atoms with van der Waals surface area (Å²) in [5.41, 5.74) is 1.09. The van der Waals surface area contributed by atoms with Crippen LogP contribution >= 0.6 is 0 Å². The molecule has 1 saturated heterocycles. The van der Waals surface area contributed by atoms with Crippen LogP contribution in [-0.2, 0) is 6.42 Å². The van der Waals surface area contributed by atoms with E-state index in [2.05, 4.69) is 11.9 Å². The monoisotopic (exact) mass is 205 g/mol. The highest BCUT2D eigenvalue weighted by Crippen LogP contribution is 2.23. The van der Waals surface area contributed by atoms with Crippen LogP contribution in [0.1, 0.15) is 18.4 Å². The van der Waals surface area contributed by atoms with Gasteiger partial charge in [0.2, 0.25) is 0 Å². The van der Waals surface area contributed by atoms with Gasteiger partial charge in [-0.1, -0.05) is 18.2 Å². The molecule has 1 fully saturated rings. The fourth-order valence-corrected chi connectivity index (χ4v) is 2.34. The predicted octanol–water partition coefficient (Wildman–Crippen LogP) is 2.28. The summed E-state index contributed by atoms with van der Waals surface area (Å²) in [5.74, 6) is 1.26. The van der Waals surface area contributed by atoms with Crippen molar-refractivity contribution in [2.45, 2.75) is 19.3 Å². The van der Waals surface area contributed by atoms with Crippen molar-refractivity contribution in [3.05, 3.63) is 29.8 Å². The summed E-state index contributed by atoms with van der Waals surface area (Å²) in [5, 5.41) is 9.63. The molecule has 0 amide bonds. The van der Waals surface area contributed by atoms with Gasteiger partial charge in [0.15, 0.2) is 0 Å². The zero-order valence-electron chi connectivity index (χ0n) is 9.32. The quantitative estimate of drug-likeness (QED) is 0.818. The number of nitrogens with zero attached hydrogens (tertiary/aromatic N) is 1. The number of rotatable bonds is 3. The molecule has 1 heterocycles. The third-order valence-electron chi connectivity index (χ3n) is 3.30. The summed E-state index contributed by atoms with van der Waals surface area (Å²) in [6.45, 7) is 2.44. The van der Waals surface area contributed by atoms with Crippen LogP contribution in [0, 0.1) is 5.92 Å². The summed E-state index contributed by atoms with van der Waals surface area (Å²) < 4.78 is 0. The van der Waals surface area contributed by atoms with Gasteiger partial charge in [0.05, 0.1) is 0 Å². The lowest BCUT2D eigenvalue weighted by atomic mass is 9.98. The van der Waals surface area contributed by atoms with E-state index in [1.807, 2.05) is 18.2 Å². The first-order valence-corrected chi connectivity index (χ1v) is 5.71. The maximum absolute atomic E-state index is 9.63. The highest BCUT2D eigenvalue weighted by atomic mass is 16.3. The molecule has 1 aromatic rings. The summed E-state index contributed by atoms with van der Waals surface area (Å²) in [7, 11) is 2.18. The van der Waals surface area contributed by atoms with Crippen LogP contribution in [0.25, 0.3) is 0 Å². The van der Waals surface area contributed by atoms with Crippen LogP contribution < -0.4 is 0 Å². The Morgan fingerprint density at radius 2 is 2.20 bits per heavy atom. The van der Waals surface area contributed by atoms with Gasteiger partial charge in [-0.3, -0.25) is 0 Å². The standard InChI is InChI=1S/C13H19NO/c1-14-9-8-11(10-14)6-7-12-4-2-3-5-13(12)15/h2-5,11,15H,6-10H2,1H3. The van der Waals surface area contributed by atoms with Gasteiger partial charge in [-0.2, -0.15) is 0 Å². The Morgan fingerprint density at radius 1 is 1.40 bits per heavy atom. The zero-order valence-corrected chi connectivity index (χ0v) is 9.32. The van der Waals surface area contributed by atoms with Crippen LogP contribution in [0.5, 0.6) is 5.75 Å². The SMILES string of the molecule is CN1CCC(CCc2ccccc2O)C1. The van der Waals surface area contributed by atoms with E-state index in [0.29, 0.717) is 5.75 Å². The molecule has 15 heavy (non-hydrogen) atoms. The lowest BCUT2D eigenvalue weighted by Gasteiger charge is -2.10. The Kier molecular flexibility index (Phi) is 3.27. The molecule has 0 bridgehead atoms. The van der Waals surface area contributed by atoms with E-state index in [-0.39, 0.29) is 0 Å².